The lowest BCUT2D eigenvalue weighted by Crippen LogP contribution is -2.16. The second kappa shape index (κ2) is 6.01. The van der Waals surface area contributed by atoms with Crippen LogP contribution in [0.15, 0.2) is 36.4 Å². The highest BCUT2D eigenvalue weighted by molar-refractivity contribution is 6.34. The van der Waals surface area contributed by atoms with Gasteiger partial charge in [-0.2, -0.15) is 0 Å². The van der Waals surface area contributed by atoms with Crippen LogP contribution in [-0.2, 0) is 4.74 Å². The van der Waals surface area contributed by atoms with Crippen molar-refractivity contribution in [3.05, 3.63) is 52.8 Å². The fraction of sp³-hybridized carbons (Fsp3) is 0.133. The highest BCUT2D eigenvalue weighted by atomic mass is 35.5. The zero-order chi connectivity index (χ0) is 15.6. The van der Waals surface area contributed by atoms with Crippen LogP contribution in [0.4, 0.5) is 21.5 Å². The molecular weight excluding hydrogens is 295 g/mol. The lowest BCUT2D eigenvalue weighted by molar-refractivity contribution is 0.0601. The summed E-state index contributed by atoms with van der Waals surface area (Å²) in [5, 5.41) is 0.308. The van der Waals surface area contributed by atoms with Crippen LogP contribution >= 0.6 is 11.6 Å². The first-order valence-corrected chi connectivity index (χ1v) is 6.48. The molecule has 0 unspecified atom stereocenters. The van der Waals surface area contributed by atoms with E-state index < -0.39 is 5.97 Å². The van der Waals surface area contributed by atoms with Gasteiger partial charge in [0.2, 0.25) is 0 Å². The van der Waals surface area contributed by atoms with Crippen molar-refractivity contribution in [3.8, 4) is 0 Å². The fourth-order valence-electron chi connectivity index (χ4n) is 2.02. The molecule has 0 aliphatic heterocycles. The van der Waals surface area contributed by atoms with Crippen LogP contribution in [0.1, 0.15) is 10.4 Å². The van der Waals surface area contributed by atoms with Gasteiger partial charge in [-0.3, -0.25) is 0 Å². The summed E-state index contributed by atoms with van der Waals surface area (Å²) in [6.07, 6.45) is 0. The number of hydrogen-bond donors (Lipinski definition) is 1. The molecule has 0 saturated heterocycles. The Morgan fingerprint density at radius 3 is 2.48 bits per heavy atom. The van der Waals surface area contributed by atoms with Crippen molar-refractivity contribution in [1.82, 2.24) is 0 Å². The Morgan fingerprint density at radius 1 is 1.29 bits per heavy atom. The van der Waals surface area contributed by atoms with Crippen molar-refractivity contribution in [2.45, 2.75) is 0 Å². The van der Waals surface area contributed by atoms with Gasteiger partial charge in [0.25, 0.3) is 0 Å². The average molecular weight is 309 g/mol. The number of methoxy groups -OCH3 is 1. The summed E-state index contributed by atoms with van der Waals surface area (Å²) in [6, 6.07) is 8.87. The molecule has 2 aromatic carbocycles. The van der Waals surface area contributed by atoms with E-state index in [4.69, 9.17) is 22.1 Å². The maximum atomic E-state index is 13.0. The van der Waals surface area contributed by atoms with E-state index >= 15 is 0 Å². The van der Waals surface area contributed by atoms with E-state index in [0.717, 1.165) is 0 Å². The number of nitrogen functional groups attached to an aromatic ring is 1. The minimum Gasteiger partial charge on any atom is -0.465 e. The molecule has 0 saturated carbocycles. The number of ether oxygens (including phenoxy) is 1. The molecule has 0 atom stereocenters. The minimum absolute atomic E-state index is 0.245. The van der Waals surface area contributed by atoms with Gasteiger partial charge in [0.1, 0.15) is 5.82 Å². The molecule has 0 radical (unpaired) electrons. The molecule has 2 N–H and O–H groups in total. The highest BCUT2D eigenvalue weighted by Gasteiger charge is 2.20. The Labute approximate surface area is 126 Å². The second-order valence-corrected chi connectivity index (χ2v) is 4.83. The van der Waals surface area contributed by atoms with E-state index in [1.165, 1.54) is 25.3 Å². The van der Waals surface area contributed by atoms with Crippen LogP contribution in [0.25, 0.3) is 0 Å². The maximum absolute atomic E-state index is 13.0. The Bertz CT molecular complexity index is 674. The van der Waals surface area contributed by atoms with Crippen LogP contribution in [0.2, 0.25) is 5.02 Å². The van der Waals surface area contributed by atoms with E-state index in [9.17, 15) is 9.18 Å². The molecule has 2 rings (SSSR count). The van der Waals surface area contributed by atoms with Crippen molar-refractivity contribution in [2.75, 3.05) is 24.8 Å². The molecule has 0 fully saturated rings. The molecule has 6 heteroatoms. The number of halogens is 2. The van der Waals surface area contributed by atoms with Crippen molar-refractivity contribution in [2.24, 2.45) is 0 Å². The summed E-state index contributed by atoms with van der Waals surface area (Å²) in [7, 11) is 3.00. The predicted octanol–water partition coefficient (Wildman–Crippen LogP) is 3.62. The van der Waals surface area contributed by atoms with Crippen molar-refractivity contribution in [3.63, 3.8) is 0 Å². The standard InChI is InChI=1S/C15H14ClFN2O2/c1-19(11-5-3-9(17)4-6-11)14-12(15(20)21-2)7-10(18)8-13(14)16/h3-8H,18H2,1-2H3. The Balaban J connectivity index is 2.56. The van der Waals surface area contributed by atoms with E-state index in [1.54, 1.807) is 30.1 Å². The number of esters is 1. The summed E-state index contributed by atoms with van der Waals surface area (Å²) >= 11 is 6.21. The second-order valence-electron chi connectivity index (χ2n) is 4.43. The van der Waals surface area contributed by atoms with E-state index in [1.807, 2.05) is 0 Å². The van der Waals surface area contributed by atoms with Gasteiger partial charge in [-0.25, -0.2) is 9.18 Å². The van der Waals surface area contributed by atoms with Gasteiger partial charge >= 0.3 is 5.97 Å². The summed E-state index contributed by atoms with van der Waals surface area (Å²) in [6.45, 7) is 0. The van der Waals surface area contributed by atoms with Crippen molar-refractivity contribution >= 4 is 34.6 Å². The number of hydrogen-bond acceptors (Lipinski definition) is 4. The zero-order valence-electron chi connectivity index (χ0n) is 11.6. The number of nitrogens with two attached hydrogens (primary N) is 1. The van der Waals surface area contributed by atoms with Gasteiger partial charge in [0, 0.05) is 18.4 Å². The van der Waals surface area contributed by atoms with Crippen LogP contribution in [0.5, 0.6) is 0 Å². The zero-order valence-corrected chi connectivity index (χ0v) is 12.3. The topological polar surface area (TPSA) is 55.6 Å². The molecule has 110 valence electrons. The number of benzene rings is 2. The van der Waals surface area contributed by atoms with E-state index in [0.29, 0.717) is 22.1 Å². The van der Waals surface area contributed by atoms with Crippen LogP contribution in [0, 0.1) is 5.82 Å². The third-order valence-electron chi connectivity index (χ3n) is 3.04. The maximum Gasteiger partial charge on any atom is 0.340 e. The molecule has 0 spiro atoms. The smallest absolute Gasteiger partial charge is 0.340 e. The third-order valence-corrected chi connectivity index (χ3v) is 3.33. The SMILES string of the molecule is COC(=O)c1cc(N)cc(Cl)c1N(C)c1ccc(F)cc1. The molecular formula is C15H14ClFN2O2. The monoisotopic (exact) mass is 308 g/mol. The fourth-order valence-corrected chi connectivity index (χ4v) is 2.37. The number of anilines is 3. The summed E-state index contributed by atoms with van der Waals surface area (Å²) in [4.78, 5) is 13.6. The highest BCUT2D eigenvalue weighted by Crippen LogP contribution is 2.36. The Kier molecular flexibility index (Phi) is 4.33. The normalized spacial score (nSPS) is 10.3. The van der Waals surface area contributed by atoms with Gasteiger partial charge in [-0.1, -0.05) is 11.6 Å². The molecule has 0 amide bonds. The lowest BCUT2D eigenvalue weighted by Gasteiger charge is -2.23. The van der Waals surface area contributed by atoms with E-state index in [-0.39, 0.29) is 11.4 Å². The largest absolute Gasteiger partial charge is 0.465 e. The van der Waals surface area contributed by atoms with Gasteiger partial charge in [0.15, 0.2) is 0 Å². The molecule has 0 aromatic heterocycles. The van der Waals surface area contributed by atoms with Crippen LogP contribution < -0.4 is 10.6 Å². The van der Waals surface area contributed by atoms with E-state index in [2.05, 4.69) is 0 Å². The molecule has 21 heavy (non-hydrogen) atoms. The van der Waals surface area contributed by atoms with Gasteiger partial charge in [-0.05, 0) is 36.4 Å². The summed E-state index contributed by atoms with van der Waals surface area (Å²) < 4.78 is 17.8. The van der Waals surface area contributed by atoms with Crippen LogP contribution in [0.3, 0.4) is 0 Å². The van der Waals surface area contributed by atoms with Crippen molar-refractivity contribution in [1.29, 1.82) is 0 Å². The first kappa shape index (κ1) is 15.1. The number of rotatable bonds is 3. The molecule has 0 heterocycles. The van der Waals surface area contributed by atoms with Gasteiger partial charge in [0.05, 0.1) is 23.4 Å². The number of nitrogens with zero attached hydrogens (tertiary/aromatic N) is 1. The first-order chi connectivity index (χ1) is 9.93. The molecule has 0 aliphatic carbocycles. The first-order valence-electron chi connectivity index (χ1n) is 6.10. The average Bonchev–Trinajstić information content (AvgIpc) is 2.45. The number of carbonyl (C=O) groups is 1. The quantitative estimate of drug-likeness (QED) is 0.695. The Morgan fingerprint density at radius 2 is 1.90 bits per heavy atom. The molecule has 4 nitrogen and oxygen atoms in total. The van der Waals surface area contributed by atoms with Crippen LogP contribution in [-0.4, -0.2) is 20.1 Å². The minimum atomic E-state index is -0.548. The van der Waals surface area contributed by atoms with Crippen molar-refractivity contribution < 1.29 is 13.9 Å². The van der Waals surface area contributed by atoms with Gasteiger partial charge < -0.3 is 15.4 Å². The van der Waals surface area contributed by atoms with Gasteiger partial charge in [-0.15, -0.1) is 0 Å². The summed E-state index contributed by atoms with van der Waals surface area (Å²) in [5.41, 5.74) is 7.44. The summed E-state index contributed by atoms with van der Waals surface area (Å²) in [5.74, 6) is -0.892. The molecule has 0 aliphatic rings. The Hall–Kier alpha value is -2.27. The number of carbonyl (C=O) groups excluding carboxylic acids is 1. The lowest BCUT2D eigenvalue weighted by atomic mass is 10.1. The third kappa shape index (κ3) is 3.08. The molecule has 2 aromatic rings. The predicted molar refractivity (Wildman–Crippen MR) is 81.7 cm³/mol. The molecule has 0 bridgehead atoms.